The number of hydrogen-bond acceptors (Lipinski definition) is 2. The van der Waals surface area contributed by atoms with Gasteiger partial charge >= 0.3 is 0 Å². The van der Waals surface area contributed by atoms with E-state index in [1.165, 1.54) is 50.1 Å². The van der Waals surface area contributed by atoms with Crippen LogP contribution in [0.3, 0.4) is 0 Å². The zero-order valence-electron chi connectivity index (χ0n) is 22.8. The van der Waals surface area contributed by atoms with Gasteiger partial charge in [0, 0.05) is 27.9 Å². The number of nitrogens with zero attached hydrogens (tertiary/aromatic N) is 2. The van der Waals surface area contributed by atoms with E-state index in [2.05, 4.69) is 133 Å². The summed E-state index contributed by atoms with van der Waals surface area (Å²) in [5.74, 6) is 0.641. The number of fused-ring (bicyclic) bond motifs is 4. The Hall–Kier alpha value is -5.15. The number of rotatable bonds is 4. The van der Waals surface area contributed by atoms with Crippen LogP contribution >= 0.6 is 0 Å². The highest BCUT2D eigenvalue weighted by atomic mass is 16.3. The molecule has 0 amide bonds. The van der Waals surface area contributed by atoms with Crippen molar-refractivity contribution in [3.8, 4) is 39.4 Å². The van der Waals surface area contributed by atoms with Gasteiger partial charge in [-0.3, -0.25) is 0 Å². The molecular formula is C38H28N2O. The van der Waals surface area contributed by atoms with Crippen LogP contribution in [0, 0.1) is 6.92 Å². The molecule has 0 spiro atoms. The second-order valence-corrected chi connectivity index (χ2v) is 10.9. The van der Waals surface area contributed by atoms with E-state index in [1.807, 2.05) is 6.07 Å². The van der Waals surface area contributed by atoms with Gasteiger partial charge in [-0.05, 0) is 90.6 Å². The fourth-order valence-corrected chi connectivity index (χ4v) is 6.13. The van der Waals surface area contributed by atoms with Gasteiger partial charge in [-0.2, -0.15) is 0 Å². The summed E-state index contributed by atoms with van der Waals surface area (Å²) in [6.45, 7) is 2.11. The lowest BCUT2D eigenvalue weighted by Crippen LogP contribution is -2.02. The van der Waals surface area contributed by atoms with E-state index in [-0.39, 0.29) is 0 Å². The average molecular weight is 529 g/mol. The predicted molar refractivity (Wildman–Crippen MR) is 169 cm³/mol. The minimum atomic E-state index is 0.641. The zero-order valence-corrected chi connectivity index (χ0v) is 22.8. The van der Waals surface area contributed by atoms with Gasteiger partial charge in [0.05, 0.1) is 5.52 Å². The summed E-state index contributed by atoms with van der Waals surface area (Å²) in [5, 5.41) is 1.30. The molecule has 1 aliphatic rings. The van der Waals surface area contributed by atoms with Crippen molar-refractivity contribution in [1.29, 1.82) is 0 Å². The molecule has 0 radical (unpaired) electrons. The van der Waals surface area contributed by atoms with Crippen LogP contribution in [-0.4, -0.2) is 9.55 Å². The average Bonchev–Trinajstić information content (AvgIpc) is 3.60. The van der Waals surface area contributed by atoms with Crippen molar-refractivity contribution < 1.29 is 4.42 Å². The highest BCUT2D eigenvalue weighted by Gasteiger charge is 2.19. The maximum atomic E-state index is 6.24. The van der Waals surface area contributed by atoms with E-state index in [0.717, 1.165) is 35.1 Å². The van der Waals surface area contributed by atoms with Gasteiger partial charge in [0.2, 0.25) is 5.89 Å². The molecule has 0 aliphatic heterocycles. The Morgan fingerprint density at radius 1 is 0.683 bits per heavy atom. The summed E-state index contributed by atoms with van der Waals surface area (Å²) in [6.07, 6.45) is 6.72. The molecule has 3 heteroatoms. The van der Waals surface area contributed by atoms with Crippen molar-refractivity contribution in [1.82, 2.24) is 9.55 Å². The van der Waals surface area contributed by atoms with Gasteiger partial charge in [0.1, 0.15) is 5.52 Å². The molecule has 196 valence electrons. The Kier molecular flexibility index (Phi) is 5.49. The number of oxazole rings is 1. The summed E-state index contributed by atoms with van der Waals surface area (Å²) >= 11 is 0. The van der Waals surface area contributed by atoms with Crippen molar-refractivity contribution in [2.75, 3.05) is 0 Å². The molecule has 7 aromatic rings. The number of allylic oxidation sites excluding steroid dienone is 1. The molecule has 0 bridgehead atoms. The fourth-order valence-electron chi connectivity index (χ4n) is 6.13. The molecule has 5 aromatic carbocycles. The van der Waals surface area contributed by atoms with Crippen molar-refractivity contribution >= 4 is 28.1 Å². The number of aryl methyl sites for hydroxylation is 1. The van der Waals surface area contributed by atoms with E-state index < -0.39 is 0 Å². The first kappa shape index (κ1) is 23.7. The summed E-state index contributed by atoms with van der Waals surface area (Å²) in [4.78, 5) is 4.78. The number of aromatic nitrogens is 2. The largest absolute Gasteiger partial charge is 0.436 e. The van der Waals surface area contributed by atoms with E-state index in [4.69, 9.17) is 9.40 Å². The Balaban J connectivity index is 1.14. The summed E-state index contributed by atoms with van der Waals surface area (Å²) in [5.41, 5.74) is 13.8. The van der Waals surface area contributed by atoms with Crippen LogP contribution in [0.1, 0.15) is 23.2 Å². The van der Waals surface area contributed by atoms with E-state index in [0.29, 0.717) is 5.89 Å². The summed E-state index contributed by atoms with van der Waals surface area (Å²) in [6, 6.07) is 40.8. The highest BCUT2D eigenvalue weighted by Crippen LogP contribution is 2.37. The Bertz CT molecular complexity index is 2090. The molecule has 0 atom stereocenters. The SMILES string of the molecule is Cc1cccc(-c2ccc3nc(-c4ccc(-c5ccc6c(c5)c5c(n6-c6ccccc6)CCC=C5)cc4)oc3c2)c1. The molecule has 0 saturated carbocycles. The first-order valence-corrected chi connectivity index (χ1v) is 14.2. The molecule has 1 aliphatic carbocycles. The lowest BCUT2D eigenvalue weighted by atomic mass is 9.98. The molecule has 41 heavy (non-hydrogen) atoms. The predicted octanol–water partition coefficient (Wildman–Crippen LogP) is 10.0. The van der Waals surface area contributed by atoms with Crippen molar-refractivity contribution in [3.05, 3.63) is 138 Å². The third-order valence-electron chi connectivity index (χ3n) is 8.16. The van der Waals surface area contributed by atoms with Crippen molar-refractivity contribution in [3.63, 3.8) is 0 Å². The van der Waals surface area contributed by atoms with Crippen LogP contribution in [0.4, 0.5) is 0 Å². The first-order chi connectivity index (χ1) is 20.2. The van der Waals surface area contributed by atoms with Crippen molar-refractivity contribution in [2.24, 2.45) is 0 Å². The first-order valence-electron chi connectivity index (χ1n) is 14.2. The smallest absolute Gasteiger partial charge is 0.227 e. The van der Waals surface area contributed by atoms with Gasteiger partial charge in [-0.1, -0.05) is 84.4 Å². The van der Waals surface area contributed by atoms with Gasteiger partial charge in [-0.15, -0.1) is 0 Å². The second kappa shape index (κ2) is 9.50. The molecule has 2 heterocycles. The molecule has 0 N–H and O–H groups in total. The molecule has 0 fully saturated rings. The van der Waals surface area contributed by atoms with Crippen LogP contribution in [0.2, 0.25) is 0 Å². The van der Waals surface area contributed by atoms with Gasteiger partial charge in [0.15, 0.2) is 5.58 Å². The van der Waals surface area contributed by atoms with Crippen LogP contribution in [-0.2, 0) is 6.42 Å². The van der Waals surface area contributed by atoms with E-state index in [1.54, 1.807) is 0 Å². The van der Waals surface area contributed by atoms with Gasteiger partial charge < -0.3 is 8.98 Å². The monoisotopic (exact) mass is 528 g/mol. The number of hydrogen-bond donors (Lipinski definition) is 0. The maximum Gasteiger partial charge on any atom is 0.227 e. The molecule has 2 aromatic heterocycles. The Morgan fingerprint density at radius 2 is 1.44 bits per heavy atom. The Labute approximate surface area is 239 Å². The summed E-state index contributed by atoms with van der Waals surface area (Å²) in [7, 11) is 0. The summed E-state index contributed by atoms with van der Waals surface area (Å²) < 4.78 is 8.66. The molecule has 0 unspecified atom stereocenters. The zero-order chi connectivity index (χ0) is 27.3. The lowest BCUT2D eigenvalue weighted by molar-refractivity contribution is 0.620. The van der Waals surface area contributed by atoms with Gasteiger partial charge in [0.25, 0.3) is 0 Å². The van der Waals surface area contributed by atoms with E-state index in [9.17, 15) is 0 Å². The fraction of sp³-hybridized carbons (Fsp3) is 0.0789. The minimum absolute atomic E-state index is 0.641. The van der Waals surface area contributed by atoms with Gasteiger partial charge in [-0.25, -0.2) is 4.98 Å². The van der Waals surface area contributed by atoms with E-state index >= 15 is 0 Å². The third-order valence-corrected chi connectivity index (χ3v) is 8.16. The minimum Gasteiger partial charge on any atom is -0.436 e. The van der Waals surface area contributed by atoms with Crippen LogP contribution in [0.25, 0.3) is 67.5 Å². The quantitative estimate of drug-likeness (QED) is 0.228. The maximum absolute atomic E-state index is 6.24. The normalized spacial score (nSPS) is 12.7. The Morgan fingerprint density at radius 3 is 2.29 bits per heavy atom. The van der Waals surface area contributed by atoms with Crippen LogP contribution in [0.15, 0.2) is 126 Å². The topological polar surface area (TPSA) is 31.0 Å². The van der Waals surface area contributed by atoms with Crippen molar-refractivity contribution in [2.45, 2.75) is 19.8 Å². The molecular weight excluding hydrogens is 500 g/mol. The van der Waals surface area contributed by atoms with Crippen LogP contribution < -0.4 is 0 Å². The number of benzene rings is 5. The standard InChI is InChI=1S/C38H28N2O/c1-25-8-7-9-28(22-25)30-18-20-34-37(24-30)41-38(39-34)27-16-14-26(15-17-27)29-19-21-36-33(23-29)32-12-5-6-13-35(32)40(36)31-10-3-2-4-11-31/h2-5,7-12,14-24H,6,13H2,1H3. The third kappa shape index (κ3) is 4.09. The highest BCUT2D eigenvalue weighted by molar-refractivity contribution is 5.96. The molecule has 3 nitrogen and oxygen atoms in total. The lowest BCUT2D eigenvalue weighted by Gasteiger charge is -2.13. The second-order valence-electron chi connectivity index (χ2n) is 10.9. The molecule has 0 saturated heterocycles. The van der Waals surface area contributed by atoms with Crippen LogP contribution in [0.5, 0.6) is 0 Å². The number of para-hydroxylation sites is 1. The molecule has 8 rings (SSSR count).